The molecule has 1 aromatic carbocycles. The predicted octanol–water partition coefficient (Wildman–Crippen LogP) is 3.53. The first-order valence-corrected chi connectivity index (χ1v) is 6.59. The van der Waals surface area contributed by atoms with Gasteiger partial charge in [0.1, 0.15) is 5.75 Å². The summed E-state index contributed by atoms with van der Waals surface area (Å²) in [6.07, 6.45) is 1.11. The van der Waals surface area contributed by atoms with Crippen molar-refractivity contribution in [3.8, 4) is 5.75 Å². The zero-order chi connectivity index (χ0) is 13.5. The summed E-state index contributed by atoms with van der Waals surface area (Å²) < 4.78 is 10.4. The molecule has 0 radical (unpaired) electrons. The Morgan fingerprint density at radius 3 is 2.22 bits per heavy atom. The van der Waals surface area contributed by atoms with Crippen molar-refractivity contribution in [1.82, 2.24) is 0 Å². The average Bonchev–Trinajstić information content (AvgIpc) is 2.36. The molecule has 0 fully saturated rings. The SMILES string of the molecule is CCC(C)c1ccc(OC(O)OCC(C)C)cc1. The first kappa shape index (κ1) is 15.0. The topological polar surface area (TPSA) is 38.7 Å². The van der Waals surface area contributed by atoms with Crippen molar-refractivity contribution in [2.24, 2.45) is 5.92 Å². The van der Waals surface area contributed by atoms with Crippen LogP contribution in [-0.2, 0) is 4.74 Å². The van der Waals surface area contributed by atoms with Crippen molar-refractivity contribution >= 4 is 0 Å². The highest BCUT2D eigenvalue weighted by molar-refractivity contribution is 5.29. The molecule has 18 heavy (non-hydrogen) atoms. The molecule has 3 nitrogen and oxygen atoms in total. The minimum Gasteiger partial charge on any atom is -0.441 e. The molecule has 0 saturated heterocycles. The van der Waals surface area contributed by atoms with Gasteiger partial charge in [-0.15, -0.1) is 0 Å². The monoisotopic (exact) mass is 252 g/mol. The molecule has 0 aliphatic heterocycles. The van der Waals surface area contributed by atoms with Crippen molar-refractivity contribution in [1.29, 1.82) is 0 Å². The molecule has 0 heterocycles. The van der Waals surface area contributed by atoms with Gasteiger partial charge in [-0.3, -0.25) is 0 Å². The van der Waals surface area contributed by atoms with E-state index in [9.17, 15) is 5.11 Å². The van der Waals surface area contributed by atoms with E-state index >= 15 is 0 Å². The fraction of sp³-hybridized carbons (Fsp3) is 0.600. The molecule has 0 aromatic heterocycles. The standard InChI is InChI=1S/C15H24O3/c1-5-12(4)13-6-8-14(9-7-13)18-15(16)17-10-11(2)3/h6-9,11-12,15-16H,5,10H2,1-4H3. The third kappa shape index (κ3) is 5.07. The highest BCUT2D eigenvalue weighted by Gasteiger charge is 2.08. The molecule has 0 bridgehead atoms. The molecule has 0 aliphatic carbocycles. The maximum atomic E-state index is 9.53. The molecule has 102 valence electrons. The number of aliphatic hydroxyl groups is 1. The van der Waals surface area contributed by atoms with E-state index in [0.29, 0.717) is 24.2 Å². The van der Waals surface area contributed by atoms with Gasteiger partial charge < -0.3 is 14.6 Å². The maximum absolute atomic E-state index is 9.53. The number of aliphatic hydroxyl groups excluding tert-OH is 1. The lowest BCUT2D eigenvalue weighted by Gasteiger charge is -2.16. The minimum atomic E-state index is -1.19. The average molecular weight is 252 g/mol. The Kier molecular flexibility index (Phi) is 6.16. The normalized spacial score (nSPS) is 14.6. The lowest BCUT2D eigenvalue weighted by Crippen LogP contribution is -2.21. The van der Waals surface area contributed by atoms with Crippen molar-refractivity contribution in [2.45, 2.75) is 46.5 Å². The van der Waals surface area contributed by atoms with E-state index in [0.717, 1.165) is 6.42 Å². The highest BCUT2D eigenvalue weighted by Crippen LogP contribution is 2.21. The molecule has 1 N–H and O–H groups in total. The van der Waals surface area contributed by atoms with Crippen molar-refractivity contribution in [2.75, 3.05) is 6.61 Å². The van der Waals surface area contributed by atoms with Crippen LogP contribution in [-0.4, -0.2) is 18.2 Å². The second-order valence-corrected chi connectivity index (χ2v) is 5.03. The van der Waals surface area contributed by atoms with Gasteiger partial charge in [0.2, 0.25) is 0 Å². The Balaban J connectivity index is 2.48. The molecule has 0 spiro atoms. The summed E-state index contributed by atoms with van der Waals surface area (Å²) in [7, 11) is 0. The van der Waals surface area contributed by atoms with Crippen LogP contribution in [0.3, 0.4) is 0 Å². The quantitative estimate of drug-likeness (QED) is 0.754. The summed E-state index contributed by atoms with van der Waals surface area (Å²) in [5.41, 5.74) is 1.28. The van der Waals surface area contributed by atoms with E-state index in [1.165, 1.54) is 5.56 Å². The fourth-order valence-electron chi connectivity index (χ4n) is 1.54. The van der Waals surface area contributed by atoms with Crippen molar-refractivity contribution in [3.63, 3.8) is 0 Å². The highest BCUT2D eigenvalue weighted by atomic mass is 16.8. The Morgan fingerprint density at radius 1 is 1.11 bits per heavy atom. The van der Waals surface area contributed by atoms with Gasteiger partial charge in [-0.2, -0.15) is 0 Å². The van der Waals surface area contributed by atoms with Gasteiger partial charge in [0, 0.05) is 0 Å². The fourth-order valence-corrected chi connectivity index (χ4v) is 1.54. The van der Waals surface area contributed by atoms with Gasteiger partial charge in [0.15, 0.2) is 0 Å². The second-order valence-electron chi connectivity index (χ2n) is 5.03. The summed E-state index contributed by atoms with van der Waals surface area (Å²) in [4.78, 5) is 0. The zero-order valence-corrected chi connectivity index (χ0v) is 11.7. The van der Waals surface area contributed by atoms with E-state index in [1.54, 1.807) is 0 Å². The number of hydrogen-bond acceptors (Lipinski definition) is 3. The smallest absolute Gasteiger partial charge is 0.313 e. The van der Waals surface area contributed by atoms with Crippen LogP contribution in [0.25, 0.3) is 0 Å². The molecular formula is C15H24O3. The summed E-state index contributed by atoms with van der Waals surface area (Å²) >= 11 is 0. The van der Waals surface area contributed by atoms with Gasteiger partial charge in [-0.1, -0.05) is 39.8 Å². The molecule has 3 heteroatoms. The molecular weight excluding hydrogens is 228 g/mol. The Bertz CT molecular complexity index is 332. The number of benzene rings is 1. The van der Waals surface area contributed by atoms with Crippen LogP contribution in [0.1, 0.15) is 45.6 Å². The Labute approximate surface area is 110 Å². The molecule has 2 unspecified atom stereocenters. The molecule has 0 amide bonds. The third-order valence-corrected chi connectivity index (χ3v) is 2.87. The van der Waals surface area contributed by atoms with Crippen LogP contribution in [0.4, 0.5) is 0 Å². The van der Waals surface area contributed by atoms with Crippen LogP contribution in [0.5, 0.6) is 5.75 Å². The summed E-state index contributed by atoms with van der Waals surface area (Å²) in [5.74, 6) is 1.54. The van der Waals surface area contributed by atoms with Crippen LogP contribution >= 0.6 is 0 Å². The number of ether oxygens (including phenoxy) is 2. The van der Waals surface area contributed by atoms with E-state index in [1.807, 2.05) is 38.1 Å². The lowest BCUT2D eigenvalue weighted by atomic mass is 9.99. The molecule has 0 aliphatic rings. The third-order valence-electron chi connectivity index (χ3n) is 2.87. The van der Waals surface area contributed by atoms with Crippen LogP contribution in [0.2, 0.25) is 0 Å². The lowest BCUT2D eigenvalue weighted by molar-refractivity contribution is -0.220. The summed E-state index contributed by atoms with van der Waals surface area (Å²) in [6.45, 7) is 7.68. The van der Waals surface area contributed by atoms with Crippen LogP contribution < -0.4 is 4.74 Å². The molecule has 2 atom stereocenters. The van der Waals surface area contributed by atoms with Gasteiger partial charge in [-0.25, -0.2) is 0 Å². The van der Waals surface area contributed by atoms with E-state index in [4.69, 9.17) is 9.47 Å². The Morgan fingerprint density at radius 2 is 1.72 bits per heavy atom. The summed E-state index contributed by atoms with van der Waals surface area (Å²) in [5, 5.41) is 9.53. The van der Waals surface area contributed by atoms with Crippen LogP contribution in [0.15, 0.2) is 24.3 Å². The van der Waals surface area contributed by atoms with Gasteiger partial charge in [0.05, 0.1) is 6.61 Å². The first-order valence-electron chi connectivity index (χ1n) is 6.59. The number of rotatable bonds is 7. The number of hydrogen-bond donors (Lipinski definition) is 1. The van der Waals surface area contributed by atoms with E-state index in [2.05, 4.69) is 13.8 Å². The molecule has 1 rings (SSSR count). The second kappa shape index (κ2) is 7.39. The van der Waals surface area contributed by atoms with Gasteiger partial charge >= 0.3 is 6.48 Å². The maximum Gasteiger partial charge on any atom is 0.313 e. The van der Waals surface area contributed by atoms with Crippen LogP contribution in [0, 0.1) is 5.92 Å². The molecule has 1 aromatic rings. The van der Waals surface area contributed by atoms with Gasteiger partial charge in [0.25, 0.3) is 0 Å². The van der Waals surface area contributed by atoms with Crippen molar-refractivity contribution in [3.05, 3.63) is 29.8 Å². The molecule has 0 saturated carbocycles. The van der Waals surface area contributed by atoms with Gasteiger partial charge in [-0.05, 0) is 36.0 Å². The predicted molar refractivity (Wildman–Crippen MR) is 72.6 cm³/mol. The minimum absolute atomic E-state index is 0.371. The largest absolute Gasteiger partial charge is 0.441 e. The summed E-state index contributed by atoms with van der Waals surface area (Å²) in [6, 6.07) is 7.78. The zero-order valence-electron chi connectivity index (χ0n) is 11.7. The van der Waals surface area contributed by atoms with E-state index in [-0.39, 0.29) is 0 Å². The van der Waals surface area contributed by atoms with Crippen molar-refractivity contribution < 1.29 is 14.6 Å². The van der Waals surface area contributed by atoms with E-state index < -0.39 is 6.48 Å². The Hall–Kier alpha value is -1.06. The first-order chi connectivity index (χ1) is 8.52.